The highest BCUT2D eigenvalue weighted by Crippen LogP contribution is 2.73. The molecule has 0 heterocycles. The largest absolute Gasteiger partial charge is 0.353 e. The van der Waals surface area contributed by atoms with Crippen molar-refractivity contribution in [3.8, 4) is 0 Å². The molecule has 3 nitrogen and oxygen atoms in total. The lowest BCUT2D eigenvalue weighted by molar-refractivity contribution is -0.134. The first-order valence-electron chi connectivity index (χ1n) is 12.4. The number of nitrogens with two attached hydrogens (primary N) is 1. The molecule has 3 N–H and O–H groups in total. The van der Waals surface area contributed by atoms with Crippen molar-refractivity contribution < 1.29 is 4.79 Å². The summed E-state index contributed by atoms with van der Waals surface area (Å²) in [4.78, 5) is 15.3. The van der Waals surface area contributed by atoms with E-state index in [1.165, 1.54) is 16.9 Å². The lowest BCUT2D eigenvalue weighted by Crippen LogP contribution is -2.49. The Kier molecular flexibility index (Phi) is 5.15. The number of thioether (sulfide) groups is 1. The van der Waals surface area contributed by atoms with E-state index >= 15 is 0 Å². The van der Waals surface area contributed by atoms with E-state index in [0.29, 0.717) is 35.1 Å². The van der Waals surface area contributed by atoms with Gasteiger partial charge >= 0.3 is 0 Å². The van der Waals surface area contributed by atoms with Crippen LogP contribution in [-0.4, -0.2) is 23.2 Å². The molecule has 5 aliphatic carbocycles. The van der Waals surface area contributed by atoms with Gasteiger partial charge in [-0.1, -0.05) is 48.5 Å². The molecule has 7 rings (SSSR count). The molecule has 4 bridgehead atoms. The smallest absolute Gasteiger partial charge is 0.226 e. The van der Waals surface area contributed by atoms with Crippen molar-refractivity contribution in [2.45, 2.75) is 79.0 Å². The zero-order chi connectivity index (χ0) is 21.8. The average molecular weight is 447 g/mol. The Labute approximate surface area is 195 Å². The molecular formula is C28H34N2OS. The maximum Gasteiger partial charge on any atom is 0.226 e. The first-order chi connectivity index (χ1) is 15.6. The van der Waals surface area contributed by atoms with E-state index in [0.717, 1.165) is 44.9 Å². The minimum absolute atomic E-state index is 0.175. The van der Waals surface area contributed by atoms with Gasteiger partial charge in [0.2, 0.25) is 5.91 Å². The number of rotatable bonds is 5. The molecule has 0 aromatic heterocycles. The van der Waals surface area contributed by atoms with Gasteiger partial charge < -0.3 is 11.1 Å². The average Bonchev–Trinajstić information content (AvgIpc) is 3.19. The third-order valence-electron chi connectivity index (χ3n) is 9.08. The summed E-state index contributed by atoms with van der Waals surface area (Å²) in [7, 11) is 0. The lowest BCUT2D eigenvalue weighted by atomic mass is 9.63. The van der Waals surface area contributed by atoms with Gasteiger partial charge in [-0.25, -0.2) is 0 Å². The summed E-state index contributed by atoms with van der Waals surface area (Å²) in [5, 5.41) is 4.08. The SMILES string of the molecule is NC1CCC(NC(=O)C23CC4CC(c5ccccc5)(CC2C4Sc2ccccc2)C3)CC1. The number of carbonyl (C=O) groups excluding carboxylic acids is 1. The molecule has 0 aliphatic heterocycles. The molecule has 5 atom stereocenters. The molecule has 4 heteroatoms. The van der Waals surface area contributed by atoms with Crippen molar-refractivity contribution in [2.24, 2.45) is 23.0 Å². The maximum absolute atomic E-state index is 14.0. The highest BCUT2D eigenvalue weighted by molar-refractivity contribution is 8.00. The van der Waals surface area contributed by atoms with E-state index < -0.39 is 0 Å². The Morgan fingerprint density at radius 1 is 0.906 bits per heavy atom. The predicted octanol–water partition coefficient (Wildman–Crippen LogP) is 5.29. The maximum atomic E-state index is 14.0. The van der Waals surface area contributed by atoms with Gasteiger partial charge in [-0.05, 0) is 86.3 Å². The van der Waals surface area contributed by atoms with Crippen molar-refractivity contribution in [2.75, 3.05) is 0 Å². The van der Waals surface area contributed by atoms with Crippen LogP contribution in [0.1, 0.15) is 56.9 Å². The van der Waals surface area contributed by atoms with Gasteiger partial charge in [0.25, 0.3) is 0 Å². The van der Waals surface area contributed by atoms with Gasteiger partial charge in [-0.3, -0.25) is 4.79 Å². The fourth-order valence-corrected chi connectivity index (χ4v) is 9.27. The van der Waals surface area contributed by atoms with Crippen LogP contribution in [-0.2, 0) is 10.2 Å². The second-order valence-corrected chi connectivity index (χ2v) is 12.2. The van der Waals surface area contributed by atoms with E-state index in [1.54, 1.807) is 0 Å². The molecule has 5 fully saturated rings. The van der Waals surface area contributed by atoms with Gasteiger partial charge in [0.05, 0.1) is 5.41 Å². The predicted molar refractivity (Wildman–Crippen MR) is 130 cm³/mol. The van der Waals surface area contributed by atoms with Crippen molar-refractivity contribution in [1.29, 1.82) is 0 Å². The number of carbonyl (C=O) groups is 1. The first kappa shape index (κ1) is 20.8. The number of hydrogen-bond acceptors (Lipinski definition) is 3. The Bertz CT molecular complexity index is 973. The Hall–Kier alpha value is -1.78. The van der Waals surface area contributed by atoms with E-state index in [2.05, 4.69) is 66.0 Å². The van der Waals surface area contributed by atoms with Gasteiger partial charge in [0, 0.05) is 22.2 Å². The standard InChI is InChI=1S/C28H34N2OS/c29-21-11-13-22(14-12-21)30-26(31)28-16-19-15-27(18-28,20-7-3-1-4-8-20)17-24(28)25(19)32-23-9-5-2-6-10-23/h1-10,19,21-22,24-25H,11-18,29H2,(H,30,31). The molecular weight excluding hydrogens is 412 g/mol. The highest BCUT2D eigenvalue weighted by Gasteiger charge is 2.71. The van der Waals surface area contributed by atoms with Gasteiger partial charge in [0.15, 0.2) is 0 Å². The van der Waals surface area contributed by atoms with Gasteiger partial charge in [-0.15, -0.1) is 11.8 Å². The molecule has 2 aromatic carbocycles. The van der Waals surface area contributed by atoms with Crippen LogP contribution in [0.3, 0.4) is 0 Å². The minimum Gasteiger partial charge on any atom is -0.353 e. The Balaban J connectivity index is 1.30. The third kappa shape index (κ3) is 3.33. The van der Waals surface area contributed by atoms with Crippen LogP contribution >= 0.6 is 11.8 Å². The fourth-order valence-electron chi connectivity index (χ4n) is 7.73. The number of hydrogen-bond donors (Lipinski definition) is 2. The zero-order valence-electron chi connectivity index (χ0n) is 18.7. The molecule has 32 heavy (non-hydrogen) atoms. The molecule has 5 saturated carbocycles. The highest BCUT2D eigenvalue weighted by atomic mass is 32.2. The topological polar surface area (TPSA) is 55.1 Å². The summed E-state index contributed by atoms with van der Waals surface area (Å²) >= 11 is 2.03. The monoisotopic (exact) mass is 446 g/mol. The lowest BCUT2D eigenvalue weighted by Gasteiger charge is -2.43. The van der Waals surface area contributed by atoms with Crippen molar-refractivity contribution in [3.63, 3.8) is 0 Å². The van der Waals surface area contributed by atoms with Gasteiger partial charge in [0.1, 0.15) is 0 Å². The summed E-state index contributed by atoms with van der Waals surface area (Å²) in [5.41, 5.74) is 7.54. The van der Waals surface area contributed by atoms with Crippen molar-refractivity contribution in [1.82, 2.24) is 5.32 Å². The van der Waals surface area contributed by atoms with Crippen LogP contribution in [0.5, 0.6) is 0 Å². The molecule has 168 valence electrons. The summed E-state index contributed by atoms with van der Waals surface area (Å²) < 4.78 is 0. The first-order valence-corrected chi connectivity index (χ1v) is 13.3. The Morgan fingerprint density at radius 2 is 1.59 bits per heavy atom. The summed E-state index contributed by atoms with van der Waals surface area (Å²) in [5.74, 6) is 1.41. The minimum atomic E-state index is -0.204. The number of nitrogens with one attached hydrogen (secondary N) is 1. The fraction of sp³-hybridized carbons (Fsp3) is 0.536. The molecule has 0 saturated heterocycles. The van der Waals surface area contributed by atoms with Crippen LogP contribution in [0.15, 0.2) is 65.6 Å². The summed E-state index contributed by atoms with van der Waals surface area (Å²) in [6.45, 7) is 0. The molecule has 2 aromatic rings. The van der Waals surface area contributed by atoms with E-state index in [1.807, 2.05) is 11.8 Å². The third-order valence-corrected chi connectivity index (χ3v) is 10.6. The number of benzene rings is 2. The van der Waals surface area contributed by atoms with Crippen LogP contribution < -0.4 is 11.1 Å². The molecule has 0 spiro atoms. The quantitative estimate of drug-likeness (QED) is 0.656. The van der Waals surface area contributed by atoms with Crippen LogP contribution in [0, 0.1) is 17.3 Å². The molecule has 5 aliphatic rings. The van der Waals surface area contributed by atoms with Crippen LogP contribution in [0.4, 0.5) is 0 Å². The zero-order valence-corrected chi connectivity index (χ0v) is 19.5. The second kappa shape index (κ2) is 7.92. The Morgan fingerprint density at radius 3 is 2.31 bits per heavy atom. The van der Waals surface area contributed by atoms with E-state index in [9.17, 15) is 4.79 Å². The van der Waals surface area contributed by atoms with Gasteiger partial charge in [-0.2, -0.15) is 0 Å². The van der Waals surface area contributed by atoms with Crippen LogP contribution in [0.25, 0.3) is 0 Å². The van der Waals surface area contributed by atoms with Crippen molar-refractivity contribution in [3.05, 3.63) is 66.2 Å². The number of amides is 1. The van der Waals surface area contributed by atoms with E-state index in [4.69, 9.17) is 5.73 Å². The molecule has 5 unspecified atom stereocenters. The normalized spacial score (nSPS) is 39.8. The van der Waals surface area contributed by atoms with E-state index in [-0.39, 0.29) is 10.8 Å². The second-order valence-electron chi connectivity index (χ2n) is 10.9. The molecule has 1 amide bonds. The van der Waals surface area contributed by atoms with Crippen molar-refractivity contribution >= 4 is 17.7 Å². The van der Waals surface area contributed by atoms with Crippen LogP contribution in [0.2, 0.25) is 0 Å². The summed E-state index contributed by atoms with van der Waals surface area (Å²) in [6.07, 6.45) is 8.59. The summed E-state index contributed by atoms with van der Waals surface area (Å²) in [6, 6.07) is 22.5. The molecule has 0 radical (unpaired) electrons.